The van der Waals surface area contributed by atoms with Gasteiger partial charge in [-0.3, -0.25) is 0 Å². The molecule has 1 fully saturated rings. The fourth-order valence-electron chi connectivity index (χ4n) is 2.43. The molecule has 100 valence electrons. The number of hydrogen-bond acceptors (Lipinski definition) is 4. The van der Waals surface area contributed by atoms with Crippen LogP contribution < -0.4 is 5.32 Å². The summed E-state index contributed by atoms with van der Waals surface area (Å²) in [5, 5.41) is 24.1. The van der Waals surface area contributed by atoms with Crippen molar-refractivity contribution >= 4 is 17.3 Å². The van der Waals surface area contributed by atoms with E-state index in [4.69, 9.17) is 5.11 Å². The summed E-state index contributed by atoms with van der Waals surface area (Å²) in [5.74, 6) is -0.872. The van der Waals surface area contributed by atoms with E-state index in [9.17, 15) is 9.90 Å². The molecule has 18 heavy (non-hydrogen) atoms. The first-order valence-corrected chi connectivity index (χ1v) is 7.27. The molecule has 1 aliphatic rings. The van der Waals surface area contributed by atoms with E-state index in [1.54, 1.807) is 5.38 Å². The predicted molar refractivity (Wildman–Crippen MR) is 71.0 cm³/mol. The molecule has 1 aliphatic carbocycles. The molecule has 1 saturated carbocycles. The largest absolute Gasteiger partial charge is 0.477 e. The van der Waals surface area contributed by atoms with E-state index >= 15 is 0 Å². The van der Waals surface area contributed by atoms with Crippen LogP contribution in [-0.2, 0) is 6.54 Å². The van der Waals surface area contributed by atoms with Gasteiger partial charge in [-0.25, -0.2) is 4.79 Å². The van der Waals surface area contributed by atoms with Crippen LogP contribution in [0.25, 0.3) is 0 Å². The van der Waals surface area contributed by atoms with Crippen LogP contribution in [0, 0.1) is 0 Å². The molecule has 0 radical (unpaired) electrons. The molecule has 2 unspecified atom stereocenters. The van der Waals surface area contributed by atoms with Crippen molar-refractivity contribution in [1.29, 1.82) is 0 Å². The van der Waals surface area contributed by atoms with Crippen molar-refractivity contribution < 1.29 is 15.0 Å². The first-order chi connectivity index (χ1) is 8.68. The molecule has 0 amide bonds. The molecule has 0 aliphatic heterocycles. The van der Waals surface area contributed by atoms with Crippen LogP contribution in [0.5, 0.6) is 0 Å². The molecule has 5 heteroatoms. The topological polar surface area (TPSA) is 69.6 Å². The predicted octanol–water partition coefficient (Wildman–Crippen LogP) is 2.23. The highest BCUT2D eigenvalue weighted by Crippen LogP contribution is 2.20. The van der Waals surface area contributed by atoms with Gasteiger partial charge in [-0.15, -0.1) is 11.3 Å². The third-order valence-corrected chi connectivity index (χ3v) is 4.42. The van der Waals surface area contributed by atoms with Crippen molar-refractivity contribution in [3.8, 4) is 0 Å². The molecule has 0 saturated heterocycles. The number of rotatable bonds is 4. The number of thiophene rings is 1. The van der Waals surface area contributed by atoms with Crippen LogP contribution in [0.3, 0.4) is 0 Å². The first-order valence-electron chi connectivity index (χ1n) is 6.39. The Morgan fingerprint density at radius 2 is 2.17 bits per heavy atom. The van der Waals surface area contributed by atoms with Crippen molar-refractivity contribution in [3.05, 3.63) is 21.9 Å². The van der Waals surface area contributed by atoms with Gasteiger partial charge in [-0.2, -0.15) is 0 Å². The molecule has 2 rings (SSSR count). The monoisotopic (exact) mass is 269 g/mol. The van der Waals surface area contributed by atoms with E-state index in [2.05, 4.69) is 5.32 Å². The summed E-state index contributed by atoms with van der Waals surface area (Å²) in [5.41, 5.74) is 0.809. The normalized spacial score (nSPS) is 24.7. The van der Waals surface area contributed by atoms with Crippen LogP contribution >= 0.6 is 11.3 Å². The number of hydrogen-bond donors (Lipinski definition) is 3. The highest BCUT2D eigenvalue weighted by atomic mass is 32.1. The lowest BCUT2D eigenvalue weighted by Gasteiger charge is -2.21. The zero-order valence-corrected chi connectivity index (χ0v) is 11.1. The highest BCUT2D eigenvalue weighted by Gasteiger charge is 2.21. The van der Waals surface area contributed by atoms with Crippen molar-refractivity contribution in [2.24, 2.45) is 0 Å². The third kappa shape index (κ3) is 3.31. The molecule has 1 heterocycles. The Kier molecular flexibility index (Phi) is 4.74. The van der Waals surface area contributed by atoms with Gasteiger partial charge in [0, 0.05) is 12.6 Å². The maximum Gasteiger partial charge on any atom is 0.346 e. The van der Waals surface area contributed by atoms with Gasteiger partial charge in [-0.05, 0) is 29.9 Å². The van der Waals surface area contributed by atoms with E-state index in [0.717, 1.165) is 31.2 Å². The number of aliphatic hydroxyl groups is 1. The summed E-state index contributed by atoms with van der Waals surface area (Å²) < 4.78 is 0. The molecule has 4 nitrogen and oxygen atoms in total. The Bertz CT molecular complexity index is 405. The minimum absolute atomic E-state index is 0.0917. The second-order valence-corrected chi connectivity index (χ2v) is 5.69. The summed E-state index contributed by atoms with van der Waals surface area (Å²) >= 11 is 1.25. The minimum atomic E-state index is -0.872. The zero-order valence-electron chi connectivity index (χ0n) is 10.3. The quantitative estimate of drug-likeness (QED) is 0.733. The van der Waals surface area contributed by atoms with Gasteiger partial charge in [0.2, 0.25) is 0 Å². The Balaban J connectivity index is 1.93. The van der Waals surface area contributed by atoms with Gasteiger partial charge in [0.05, 0.1) is 6.10 Å². The van der Waals surface area contributed by atoms with Gasteiger partial charge in [0.25, 0.3) is 0 Å². The van der Waals surface area contributed by atoms with Crippen LogP contribution in [0.15, 0.2) is 11.4 Å². The van der Waals surface area contributed by atoms with Gasteiger partial charge < -0.3 is 15.5 Å². The Morgan fingerprint density at radius 3 is 2.94 bits per heavy atom. The standard InChI is InChI=1S/C13H19NO3S/c15-11-5-3-1-2-4-10(11)14-8-9-6-7-18-12(9)13(16)17/h6-7,10-11,14-15H,1-5,8H2,(H,16,17). The number of carboxylic acid groups (broad SMARTS) is 1. The molecule has 3 N–H and O–H groups in total. The van der Waals surface area contributed by atoms with E-state index in [1.165, 1.54) is 17.8 Å². The summed E-state index contributed by atoms with van der Waals surface area (Å²) in [7, 11) is 0. The molecule has 0 spiro atoms. The van der Waals surface area contributed by atoms with Crippen molar-refractivity contribution in [2.75, 3.05) is 0 Å². The average Bonchev–Trinajstić information content (AvgIpc) is 2.71. The molecule has 1 aromatic heterocycles. The highest BCUT2D eigenvalue weighted by molar-refractivity contribution is 7.12. The number of nitrogens with one attached hydrogen (secondary N) is 1. The van der Waals surface area contributed by atoms with E-state index < -0.39 is 5.97 Å². The molecule has 0 bridgehead atoms. The number of aromatic carboxylic acids is 1. The van der Waals surface area contributed by atoms with Gasteiger partial charge in [0.15, 0.2) is 0 Å². The lowest BCUT2D eigenvalue weighted by molar-refractivity contribution is 0.0700. The van der Waals surface area contributed by atoms with Gasteiger partial charge in [0.1, 0.15) is 4.88 Å². The number of aliphatic hydroxyl groups excluding tert-OH is 1. The lowest BCUT2D eigenvalue weighted by Crippen LogP contribution is -2.38. The molecule has 2 atom stereocenters. The second kappa shape index (κ2) is 6.31. The fourth-order valence-corrected chi connectivity index (χ4v) is 3.19. The maximum atomic E-state index is 11.0. The third-order valence-electron chi connectivity index (χ3n) is 3.48. The van der Waals surface area contributed by atoms with Crippen molar-refractivity contribution in [3.63, 3.8) is 0 Å². The summed E-state index contributed by atoms with van der Waals surface area (Å²) in [6, 6.07) is 1.93. The van der Waals surface area contributed by atoms with Gasteiger partial charge >= 0.3 is 5.97 Å². The maximum absolute atomic E-state index is 11.0. The van der Waals surface area contributed by atoms with Crippen LogP contribution in [0.4, 0.5) is 0 Å². The zero-order chi connectivity index (χ0) is 13.0. The summed E-state index contributed by atoms with van der Waals surface area (Å²) in [6.07, 6.45) is 4.89. The molecular weight excluding hydrogens is 250 g/mol. The Morgan fingerprint density at radius 1 is 1.39 bits per heavy atom. The number of carbonyl (C=O) groups is 1. The lowest BCUT2D eigenvalue weighted by atomic mass is 10.1. The van der Waals surface area contributed by atoms with Crippen molar-refractivity contribution in [1.82, 2.24) is 5.32 Å². The summed E-state index contributed by atoms with van der Waals surface area (Å²) in [6.45, 7) is 0.521. The van der Waals surface area contributed by atoms with Crippen LogP contribution in [0.2, 0.25) is 0 Å². The van der Waals surface area contributed by atoms with E-state index in [0.29, 0.717) is 11.4 Å². The SMILES string of the molecule is O=C(O)c1sccc1CNC1CCCCCC1O. The van der Waals surface area contributed by atoms with E-state index in [1.807, 2.05) is 6.07 Å². The van der Waals surface area contributed by atoms with Gasteiger partial charge in [-0.1, -0.05) is 19.3 Å². The number of carboxylic acids is 1. The first kappa shape index (κ1) is 13.5. The van der Waals surface area contributed by atoms with Crippen molar-refractivity contribution in [2.45, 2.75) is 50.8 Å². The smallest absolute Gasteiger partial charge is 0.346 e. The fraction of sp³-hybridized carbons (Fsp3) is 0.615. The minimum Gasteiger partial charge on any atom is -0.477 e. The Hall–Kier alpha value is -0.910. The van der Waals surface area contributed by atoms with Crippen LogP contribution in [-0.4, -0.2) is 28.3 Å². The Labute approximate surface area is 111 Å². The second-order valence-electron chi connectivity index (χ2n) is 4.77. The molecular formula is C13H19NO3S. The van der Waals surface area contributed by atoms with E-state index in [-0.39, 0.29) is 12.1 Å². The average molecular weight is 269 g/mol. The summed E-state index contributed by atoms with van der Waals surface area (Å²) in [4.78, 5) is 11.4. The molecule has 1 aromatic rings. The molecule has 0 aromatic carbocycles. The van der Waals surface area contributed by atoms with Crippen LogP contribution in [0.1, 0.15) is 47.3 Å².